The highest BCUT2D eigenvalue weighted by molar-refractivity contribution is 5.98. The number of aromatic amines is 1. The third kappa shape index (κ3) is 3.97. The number of rotatable bonds is 5. The van der Waals surface area contributed by atoms with Crippen molar-refractivity contribution in [3.8, 4) is 33.5 Å². The van der Waals surface area contributed by atoms with E-state index in [2.05, 4.69) is 75.2 Å². The zero-order valence-electron chi connectivity index (χ0n) is 23.5. The van der Waals surface area contributed by atoms with Crippen molar-refractivity contribution < 1.29 is 0 Å². The fourth-order valence-corrected chi connectivity index (χ4v) is 8.26. The van der Waals surface area contributed by atoms with Gasteiger partial charge in [0.2, 0.25) is 0 Å². The summed E-state index contributed by atoms with van der Waals surface area (Å²) >= 11 is 0. The van der Waals surface area contributed by atoms with Crippen molar-refractivity contribution in [1.82, 2.24) is 20.6 Å². The van der Waals surface area contributed by atoms with Crippen LogP contribution >= 0.6 is 0 Å². The lowest BCUT2D eigenvalue weighted by Gasteiger charge is -2.31. The molecule has 4 aromatic rings. The van der Waals surface area contributed by atoms with Crippen LogP contribution in [0.4, 0.5) is 5.69 Å². The van der Waals surface area contributed by atoms with Crippen molar-refractivity contribution in [2.45, 2.75) is 69.4 Å². The fraction of sp³-hybridized carbons (Fsp3) is 0.389. The molecule has 0 spiro atoms. The molecule has 2 saturated heterocycles. The van der Waals surface area contributed by atoms with Crippen molar-refractivity contribution in [2.75, 3.05) is 13.1 Å². The molecule has 1 aromatic heterocycles. The predicted octanol–water partition coefficient (Wildman–Crippen LogP) is 7.27. The minimum atomic E-state index is 0.365. The highest BCUT2D eigenvalue weighted by Gasteiger charge is 2.42. The summed E-state index contributed by atoms with van der Waals surface area (Å²) in [6, 6.07) is 21.8. The number of nitrogens with zero attached hydrogens (tertiary/aromatic N) is 2. The van der Waals surface area contributed by atoms with Crippen LogP contribution in [0.3, 0.4) is 0 Å². The molecule has 4 unspecified atom stereocenters. The van der Waals surface area contributed by atoms with Crippen LogP contribution in [0.2, 0.25) is 0 Å². The van der Waals surface area contributed by atoms with E-state index >= 15 is 0 Å². The quantitative estimate of drug-likeness (QED) is 0.250. The Morgan fingerprint density at radius 3 is 2.29 bits per heavy atom. The molecule has 1 saturated carbocycles. The Morgan fingerprint density at radius 1 is 0.732 bits per heavy atom. The molecule has 5 nitrogen and oxygen atoms in total. The summed E-state index contributed by atoms with van der Waals surface area (Å²) in [5.41, 5.74) is 15.0. The maximum atomic E-state index is 5.02. The highest BCUT2D eigenvalue weighted by atomic mass is 15.0. The second-order valence-corrected chi connectivity index (χ2v) is 12.9. The van der Waals surface area contributed by atoms with Crippen LogP contribution in [0.15, 0.2) is 65.8 Å². The number of hydrogen-bond acceptors (Lipinski definition) is 4. The molecule has 3 fully saturated rings. The van der Waals surface area contributed by atoms with Gasteiger partial charge in [0.1, 0.15) is 5.82 Å². The number of hydrogen-bond donors (Lipinski definition) is 3. The van der Waals surface area contributed by atoms with Gasteiger partial charge in [-0.15, -0.1) is 0 Å². The van der Waals surface area contributed by atoms with Crippen LogP contribution in [0.1, 0.15) is 73.0 Å². The Labute approximate surface area is 241 Å². The summed E-state index contributed by atoms with van der Waals surface area (Å²) in [5, 5.41) is 7.18. The van der Waals surface area contributed by atoms with E-state index in [-0.39, 0.29) is 0 Å². The molecule has 4 heterocycles. The second-order valence-electron chi connectivity index (χ2n) is 12.9. The van der Waals surface area contributed by atoms with Gasteiger partial charge < -0.3 is 15.6 Å². The van der Waals surface area contributed by atoms with E-state index < -0.39 is 0 Å². The van der Waals surface area contributed by atoms with E-state index in [0.29, 0.717) is 18.0 Å². The molecule has 0 amide bonds. The van der Waals surface area contributed by atoms with Crippen molar-refractivity contribution in [1.29, 1.82) is 0 Å². The van der Waals surface area contributed by atoms with Crippen molar-refractivity contribution >= 4 is 11.4 Å². The summed E-state index contributed by atoms with van der Waals surface area (Å²) in [6.07, 6.45) is 11.8. The molecule has 41 heavy (non-hydrogen) atoms. The molecule has 206 valence electrons. The number of nitrogens with one attached hydrogen (secondary N) is 3. The fourth-order valence-electron chi connectivity index (χ4n) is 8.26. The monoisotopic (exact) mass is 539 g/mol. The number of aromatic nitrogens is 2. The van der Waals surface area contributed by atoms with Gasteiger partial charge in [0.15, 0.2) is 0 Å². The zero-order chi connectivity index (χ0) is 26.9. The van der Waals surface area contributed by atoms with Crippen molar-refractivity contribution in [3.05, 3.63) is 83.3 Å². The normalized spacial score (nSPS) is 26.0. The predicted molar refractivity (Wildman–Crippen MR) is 166 cm³/mol. The van der Waals surface area contributed by atoms with Crippen LogP contribution in [-0.4, -0.2) is 34.8 Å². The lowest BCUT2D eigenvalue weighted by molar-refractivity contribution is 0.281. The van der Waals surface area contributed by atoms with Gasteiger partial charge in [-0.3, -0.25) is 4.99 Å². The lowest BCUT2D eigenvalue weighted by atomic mass is 9.73. The van der Waals surface area contributed by atoms with Crippen molar-refractivity contribution in [3.63, 3.8) is 0 Å². The first-order chi connectivity index (χ1) is 20.3. The van der Waals surface area contributed by atoms with E-state index in [9.17, 15) is 0 Å². The minimum Gasteiger partial charge on any atom is -0.341 e. The number of H-pyrrole nitrogens is 1. The number of aliphatic imine (C=N–C) groups is 1. The van der Waals surface area contributed by atoms with Crippen LogP contribution < -0.4 is 10.6 Å². The lowest BCUT2D eigenvalue weighted by Crippen LogP contribution is -2.30. The van der Waals surface area contributed by atoms with E-state index in [1.807, 2.05) is 6.20 Å². The highest BCUT2D eigenvalue weighted by Crippen LogP contribution is 2.56. The van der Waals surface area contributed by atoms with Gasteiger partial charge in [0.05, 0.1) is 23.6 Å². The van der Waals surface area contributed by atoms with E-state index in [1.54, 1.807) is 11.1 Å². The molecule has 0 bridgehead atoms. The second kappa shape index (κ2) is 9.50. The number of imidazole rings is 1. The maximum Gasteiger partial charge on any atom is 0.123 e. The first kappa shape index (κ1) is 24.1. The Morgan fingerprint density at radius 2 is 1.51 bits per heavy atom. The molecule has 5 heteroatoms. The summed E-state index contributed by atoms with van der Waals surface area (Å²) < 4.78 is 0. The molecular weight excluding hydrogens is 502 g/mol. The molecule has 4 atom stereocenters. The smallest absolute Gasteiger partial charge is 0.123 e. The first-order valence-electron chi connectivity index (χ1n) is 15.8. The van der Waals surface area contributed by atoms with Crippen molar-refractivity contribution in [2.24, 2.45) is 10.9 Å². The molecule has 3 aliphatic heterocycles. The molecule has 3 aromatic carbocycles. The summed E-state index contributed by atoms with van der Waals surface area (Å²) in [6.45, 7) is 2.21. The topological polar surface area (TPSA) is 65.1 Å². The van der Waals surface area contributed by atoms with E-state index in [0.717, 1.165) is 43.4 Å². The Balaban J connectivity index is 1.03. The molecule has 9 rings (SSSR count). The Kier molecular flexibility index (Phi) is 5.58. The first-order valence-corrected chi connectivity index (χ1v) is 15.8. The number of benzene rings is 3. The molecule has 5 aliphatic rings. The summed E-state index contributed by atoms with van der Waals surface area (Å²) in [5.74, 6) is 2.59. The maximum absolute atomic E-state index is 5.02. The number of fused-ring (bicyclic) bond motifs is 4. The van der Waals surface area contributed by atoms with Gasteiger partial charge >= 0.3 is 0 Å². The summed E-state index contributed by atoms with van der Waals surface area (Å²) in [7, 11) is 0. The molecule has 3 N–H and O–H groups in total. The average Bonchev–Trinajstić information content (AvgIpc) is 3.82. The third-order valence-electron chi connectivity index (χ3n) is 10.6. The van der Waals surface area contributed by atoms with Crippen LogP contribution in [-0.2, 0) is 12.8 Å². The zero-order valence-corrected chi connectivity index (χ0v) is 23.5. The van der Waals surface area contributed by atoms with Crippen LogP contribution in [0, 0.1) is 5.92 Å². The average molecular weight is 540 g/mol. The van der Waals surface area contributed by atoms with Gasteiger partial charge in [-0.2, -0.15) is 0 Å². The minimum absolute atomic E-state index is 0.365. The standard InChI is InChI=1S/C36H37N5/c1-3-31(37-15-1)33-19-25-17-23(10-14-30(25)40-33)26-12-13-27(35-28-11-9-24(28)18-29(26)35)21-5-7-22(8-6-21)34-20-39-36(41-34)32-4-2-16-38-32/h5-8,10,12-14,17,20,24,28,31-32,37-38H,1-4,9,11,15-16,18-19H2,(H,39,41). The SMILES string of the molecule is c1cc(-c2ccc(-c3ccc4c(c3)CC(C3CCCN3)=N4)c3c2C2CCC2C3)ccc1-c1cnc(C2CCCN2)[nH]1. The van der Waals surface area contributed by atoms with Gasteiger partial charge in [-0.1, -0.05) is 42.5 Å². The van der Waals surface area contributed by atoms with Gasteiger partial charge in [-0.25, -0.2) is 4.98 Å². The molecule has 0 radical (unpaired) electrons. The third-order valence-corrected chi connectivity index (χ3v) is 10.6. The van der Waals surface area contributed by atoms with E-state index in [1.165, 1.54) is 83.3 Å². The Hall–Kier alpha value is -3.54. The van der Waals surface area contributed by atoms with Gasteiger partial charge in [-0.05, 0) is 127 Å². The molecular formula is C36H37N5. The van der Waals surface area contributed by atoms with Gasteiger partial charge in [0, 0.05) is 18.2 Å². The van der Waals surface area contributed by atoms with E-state index in [4.69, 9.17) is 4.99 Å². The van der Waals surface area contributed by atoms with Crippen LogP contribution in [0.25, 0.3) is 33.5 Å². The van der Waals surface area contributed by atoms with Crippen LogP contribution in [0.5, 0.6) is 0 Å². The van der Waals surface area contributed by atoms with Gasteiger partial charge in [0.25, 0.3) is 0 Å². The summed E-state index contributed by atoms with van der Waals surface area (Å²) in [4.78, 5) is 13.3. The Bertz CT molecular complexity index is 1670. The molecule has 2 aliphatic carbocycles. The largest absolute Gasteiger partial charge is 0.341 e.